The van der Waals surface area contributed by atoms with E-state index in [0.29, 0.717) is 5.75 Å². The molecule has 0 unspecified atom stereocenters. The van der Waals surface area contributed by atoms with Crippen LogP contribution in [-0.4, -0.2) is 18.8 Å². The SMILES string of the molecule is COC1=CC=C(N2C(=O)CSc3ccccc32)CC1. The summed E-state index contributed by atoms with van der Waals surface area (Å²) < 4.78 is 5.23. The predicted molar refractivity (Wildman–Crippen MR) is 77.1 cm³/mol. The van der Waals surface area contributed by atoms with Crippen molar-refractivity contribution >= 4 is 23.4 Å². The van der Waals surface area contributed by atoms with Crippen molar-refractivity contribution in [2.45, 2.75) is 17.7 Å². The molecule has 1 amide bonds. The van der Waals surface area contributed by atoms with Gasteiger partial charge in [-0.15, -0.1) is 11.8 Å². The molecule has 0 atom stereocenters. The van der Waals surface area contributed by atoms with E-state index in [-0.39, 0.29) is 5.91 Å². The molecule has 0 fully saturated rings. The van der Waals surface area contributed by atoms with Crippen molar-refractivity contribution in [3.63, 3.8) is 0 Å². The Hall–Kier alpha value is -1.68. The monoisotopic (exact) mass is 273 g/mol. The molecule has 4 heteroatoms. The molecule has 1 aromatic carbocycles. The van der Waals surface area contributed by atoms with Crippen LogP contribution in [0.25, 0.3) is 0 Å². The van der Waals surface area contributed by atoms with E-state index in [1.807, 2.05) is 35.3 Å². The van der Waals surface area contributed by atoms with Gasteiger partial charge in [0.1, 0.15) is 0 Å². The fourth-order valence-electron chi connectivity index (χ4n) is 2.38. The highest BCUT2D eigenvalue weighted by Crippen LogP contribution is 2.38. The first-order chi connectivity index (χ1) is 9.29. The van der Waals surface area contributed by atoms with Crippen LogP contribution in [0.3, 0.4) is 0 Å². The van der Waals surface area contributed by atoms with Gasteiger partial charge < -0.3 is 4.74 Å². The smallest absolute Gasteiger partial charge is 0.241 e. The Balaban J connectivity index is 1.99. The predicted octanol–water partition coefficient (Wildman–Crippen LogP) is 3.33. The van der Waals surface area contributed by atoms with Crippen LogP contribution in [0.15, 0.2) is 52.8 Å². The lowest BCUT2D eigenvalue weighted by molar-refractivity contribution is -0.115. The van der Waals surface area contributed by atoms with E-state index >= 15 is 0 Å². The van der Waals surface area contributed by atoms with E-state index < -0.39 is 0 Å². The summed E-state index contributed by atoms with van der Waals surface area (Å²) in [6.07, 6.45) is 5.63. The quantitative estimate of drug-likeness (QED) is 0.827. The molecule has 2 aliphatic rings. The molecule has 98 valence electrons. The van der Waals surface area contributed by atoms with Crippen molar-refractivity contribution in [3.05, 3.63) is 47.9 Å². The Morgan fingerprint density at radius 3 is 2.79 bits per heavy atom. The Kier molecular flexibility index (Phi) is 3.34. The number of fused-ring (bicyclic) bond motifs is 1. The molecule has 3 nitrogen and oxygen atoms in total. The van der Waals surface area contributed by atoms with E-state index in [1.165, 1.54) is 4.90 Å². The topological polar surface area (TPSA) is 29.5 Å². The standard InChI is InChI=1S/C15H15NO2S/c1-18-12-8-6-11(7-9-12)16-13-4-2-3-5-14(13)19-10-15(16)17/h2-6,8H,7,9-10H2,1H3. The second kappa shape index (κ2) is 5.13. The Labute approximate surface area is 116 Å². The fraction of sp³-hybridized carbons (Fsp3) is 0.267. The molecule has 3 rings (SSSR count). The number of nitrogens with zero attached hydrogens (tertiary/aromatic N) is 1. The first-order valence-corrected chi connectivity index (χ1v) is 7.26. The van der Waals surface area contributed by atoms with Crippen molar-refractivity contribution < 1.29 is 9.53 Å². The molecule has 0 saturated carbocycles. The lowest BCUT2D eigenvalue weighted by Gasteiger charge is -2.32. The van der Waals surface area contributed by atoms with Gasteiger partial charge in [0.2, 0.25) is 5.91 Å². The molecule has 0 bridgehead atoms. The lowest BCUT2D eigenvalue weighted by Crippen LogP contribution is -2.35. The van der Waals surface area contributed by atoms with Crippen LogP contribution in [0, 0.1) is 0 Å². The number of thioether (sulfide) groups is 1. The molecular weight excluding hydrogens is 258 g/mol. The molecule has 0 aromatic heterocycles. The summed E-state index contributed by atoms with van der Waals surface area (Å²) in [4.78, 5) is 15.2. The lowest BCUT2D eigenvalue weighted by atomic mass is 10.1. The van der Waals surface area contributed by atoms with Crippen LogP contribution >= 0.6 is 11.8 Å². The van der Waals surface area contributed by atoms with Gasteiger partial charge in [0, 0.05) is 17.0 Å². The number of amides is 1. The van der Waals surface area contributed by atoms with Crippen molar-refractivity contribution in [3.8, 4) is 0 Å². The molecule has 0 N–H and O–H groups in total. The average molecular weight is 273 g/mol. The molecule has 1 aliphatic heterocycles. The number of rotatable bonds is 2. The Morgan fingerprint density at radius 1 is 1.21 bits per heavy atom. The Bertz CT molecular complexity index is 577. The molecule has 19 heavy (non-hydrogen) atoms. The van der Waals surface area contributed by atoms with Gasteiger partial charge in [-0.3, -0.25) is 9.69 Å². The first kappa shape index (κ1) is 12.4. The van der Waals surface area contributed by atoms with Crippen LogP contribution < -0.4 is 4.90 Å². The van der Waals surface area contributed by atoms with Crippen LogP contribution in [0.5, 0.6) is 0 Å². The number of benzene rings is 1. The third-order valence-corrected chi connectivity index (χ3v) is 4.39. The van der Waals surface area contributed by atoms with Crippen LogP contribution in [0.2, 0.25) is 0 Å². The van der Waals surface area contributed by atoms with Gasteiger partial charge in [0.25, 0.3) is 0 Å². The zero-order valence-corrected chi connectivity index (χ0v) is 11.6. The minimum atomic E-state index is 0.157. The number of hydrogen-bond donors (Lipinski definition) is 0. The minimum absolute atomic E-state index is 0.157. The van der Waals surface area contributed by atoms with Gasteiger partial charge in [0.15, 0.2) is 0 Å². The number of hydrogen-bond acceptors (Lipinski definition) is 3. The van der Waals surface area contributed by atoms with E-state index in [0.717, 1.165) is 30.0 Å². The number of methoxy groups -OCH3 is 1. The molecule has 0 saturated heterocycles. The summed E-state index contributed by atoms with van der Waals surface area (Å²) in [6.45, 7) is 0. The van der Waals surface area contributed by atoms with Gasteiger partial charge in [-0.1, -0.05) is 12.1 Å². The van der Waals surface area contributed by atoms with Crippen LogP contribution in [-0.2, 0) is 9.53 Å². The normalized spacial score (nSPS) is 18.6. The van der Waals surface area contributed by atoms with Gasteiger partial charge >= 0.3 is 0 Å². The number of para-hydroxylation sites is 1. The largest absolute Gasteiger partial charge is 0.501 e. The third kappa shape index (κ3) is 2.28. The number of carbonyl (C=O) groups is 1. The maximum Gasteiger partial charge on any atom is 0.241 e. The number of anilines is 1. The summed E-state index contributed by atoms with van der Waals surface area (Å²) in [5, 5.41) is 0. The number of carbonyl (C=O) groups excluding carboxylic acids is 1. The van der Waals surface area contributed by atoms with Crippen molar-refractivity contribution in [1.29, 1.82) is 0 Å². The van der Waals surface area contributed by atoms with E-state index in [2.05, 4.69) is 6.07 Å². The maximum atomic E-state index is 12.2. The minimum Gasteiger partial charge on any atom is -0.501 e. The Morgan fingerprint density at radius 2 is 2.05 bits per heavy atom. The van der Waals surface area contributed by atoms with E-state index in [1.54, 1.807) is 18.9 Å². The number of allylic oxidation sites excluding steroid dienone is 4. The first-order valence-electron chi connectivity index (χ1n) is 6.28. The summed E-state index contributed by atoms with van der Waals surface area (Å²) in [5.41, 5.74) is 2.06. The summed E-state index contributed by atoms with van der Waals surface area (Å²) in [7, 11) is 1.68. The molecule has 0 spiro atoms. The van der Waals surface area contributed by atoms with Crippen molar-refractivity contribution in [1.82, 2.24) is 0 Å². The molecule has 1 aliphatic carbocycles. The fourth-order valence-corrected chi connectivity index (χ4v) is 3.27. The molecular formula is C15H15NO2S. The maximum absolute atomic E-state index is 12.2. The highest BCUT2D eigenvalue weighted by atomic mass is 32.2. The zero-order chi connectivity index (χ0) is 13.2. The number of ether oxygens (including phenoxy) is 1. The van der Waals surface area contributed by atoms with E-state index in [9.17, 15) is 4.79 Å². The molecule has 1 aromatic rings. The highest BCUT2D eigenvalue weighted by molar-refractivity contribution is 8.00. The summed E-state index contributed by atoms with van der Waals surface area (Å²) in [5.74, 6) is 1.63. The van der Waals surface area contributed by atoms with Gasteiger partial charge in [-0.05, 0) is 30.7 Å². The van der Waals surface area contributed by atoms with Gasteiger partial charge in [0.05, 0.1) is 24.3 Å². The van der Waals surface area contributed by atoms with Crippen molar-refractivity contribution in [2.24, 2.45) is 0 Å². The summed E-state index contributed by atoms with van der Waals surface area (Å²) >= 11 is 1.61. The van der Waals surface area contributed by atoms with Gasteiger partial charge in [-0.25, -0.2) is 0 Å². The highest BCUT2D eigenvalue weighted by Gasteiger charge is 2.27. The van der Waals surface area contributed by atoms with E-state index in [4.69, 9.17) is 4.74 Å². The molecule has 0 radical (unpaired) electrons. The third-order valence-electron chi connectivity index (χ3n) is 3.35. The second-order valence-corrected chi connectivity index (χ2v) is 5.50. The second-order valence-electron chi connectivity index (χ2n) is 4.48. The molecule has 1 heterocycles. The zero-order valence-electron chi connectivity index (χ0n) is 10.8. The van der Waals surface area contributed by atoms with Crippen LogP contribution in [0.4, 0.5) is 5.69 Å². The van der Waals surface area contributed by atoms with Gasteiger partial charge in [-0.2, -0.15) is 0 Å². The summed E-state index contributed by atoms with van der Waals surface area (Å²) in [6, 6.07) is 8.07. The van der Waals surface area contributed by atoms with Crippen molar-refractivity contribution in [2.75, 3.05) is 17.8 Å². The average Bonchev–Trinajstić information content (AvgIpc) is 2.47. The van der Waals surface area contributed by atoms with Crippen LogP contribution in [0.1, 0.15) is 12.8 Å².